The molecule has 0 bridgehead atoms. The molecule has 0 aromatic rings. The Bertz CT molecular complexity index is 1330. The Morgan fingerprint density at radius 2 is 0.968 bits per heavy atom. The maximum atomic E-state index is 12.9. The zero-order valence-electron chi connectivity index (χ0n) is 40.3. The Hall–Kier alpha value is -2.58. The van der Waals surface area contributed by atoms with Crippen molar-refractivity contribution in [1.82, 2.24) is 5.32 Å². The smallest absolute Gasteiger partial charge is 0.387 e. The summed E-state index contributed by atoms with van der Waals surface area (Å²) in [6, 6.07) is -0.863. The van der Waals surface area contributed by atoms with Gasteiger partial charge >= 0.3 is 7.82 Å². The first-order chi connectivity index (χ1) is 30.0. The first-order valence-electron chi connectivity index (χ1n) is 24.6. The van der Waals surface area contributed by atoms with Crippen LogP contribution >= 0.6 is 7.82 Å². The Labute approximate surface area is 381 Å². The molecule has 9 heteroatoms. The molecule has 1 amide bonds. The van der Waals surface area contributed by atoms with E-state index in [1.807, 2.05) is 27.2 Å². The Morgan fingerprint density at radius 1 is 0.565 bits per heavy atom. The third-order valence-corrected chi connectivity index (χ3v) is 11.3. The number of phosphoric acid groups is 1. The second-order valence-corrected chi connectivity index (χ2v) is 18.9. The van der Waals surface area contributed by atoms with E-state index in [1.54, 1.807) is 6.08 Å². The molecular formula is C53H94N2O6P+. The highest BCUT2D eigenvalue weighted by atomic mass is 31.2. The van der Waals surface area contributed by atoms with E-state index in [0.29, 0.717) is 17.4 Å². The number of likely N-dealkylation sites (N-methyl/N-ethyl adjacent to an activating group) is 1. The summed E-state index contributed by atoms with van der Waals surface area (Å²) in [7, 11) is 1.54. The zero-order chi connectivity index (χ0) is 45.7. The summed E-state index contributed by atoms with van der Waals surface area (Å²) in [5.74, 6) is -0.201. The number of amides is 1. The molecule has 3 N–H and O–H groups in total. The first-order valence-corrected chi connectivity index (χ1v) is 26.1. The van der Waals surface area contributed by atoms with Gasteiger partial charge in [-0.05, 0) is 77.0 Å². The van der Waals surface area contributed by atoms with Gasteiger partial charge in [0.1, 0.15) is 13.2 Å². The third-order valence-electron chi connectivity index (χ3n) is 10.3. The summed E-state index contributed by atoms with van der Waals surface area (Å²) in [6.45, 7) is 4.66. The zero-order valence-corrected chi connectivity index (χ0v) is 41.2. The first kappa shape index (κ1) is 59.4. The van der Waals surface area contributed by atoms with Crippen molar-refractivity contribution in [3.8, 4) is 0 Å². The number of hydrogen-bond acceptors (Lipinski definition) is 5. The molecule has 62 heavy (non-hydrogen) atoms. The Morgan fingerprint density at radius 3 is 1.42 bits per heavy atom. The number of allylic oxidation sites excluding steroid dienone is 15. The molecule has 3 unspecified atom stereocenters. The second-order valence-electron chi connectivity index (χ2n) is 17.5. The van der Waals surface area contributed by atoms with Crippen molar-refractivity contribution in [2.24, 2.45) is 0 Å². The average molecular weight is 886 g/mol. The highest BCUT2D eigenvalue weighted by molar-refractivity contribution is 7.47. The molecule has 0 aromatic heterocycles. The Kier molecular flexibility index (Phi) is 41.8. The van der Waals surface area contributed by atoms with Crippen molar-refractivity contribution in [2.45, 2.75) is 193 Å². The number of carbonyl (C=O) groups excluding carboxylic acids is 1. The average Bonchev–Trinajstić information content (AvgIpc) is 3.23. The van der Waals surface area contributed by atoms with Crippen molar-refractivity contribution in [3.63, 3.8) is 0 Å². The number of aliphatic hydroxyl groups excluding tert-OH is 1. The van der Waals surface area contributed by atoms with E-state index in [4.69, 9.17) is 9.05 Å². The summed E-state index contributed by atoms with van der Waals surface area (Å²) in [6.07, 6.45) is 61.9. The number of phosphoric ester groups is 1. The van der Waals surface area contributed by atoms with Crippen LogP contribution in [0.15, 0.2) is 97.2 Å². The molecule has 0 saturated carbocycles. The van der Waals surface area contributed by atoms with Crippen LogP contribution in [0.5, 0.6) is 0 Å². The molecule has 0 aliphatic carbocycles. The largest absolute Gasteiger partial charge is 0.472 e. The van der Waals surface area contributed by atoms with Gasteiger partial charge in [-0.25, -0.2) is 4.57 Å². The molecule has 0 aliphatic rings. The predicted octanol–water partition coefficient (Wildman–Crippen LogP) is 14.3. The SMILES string of the molecule is CC/C=C\C/C=C\C/C=C\C/C=C\C/C=C\C/C=C\C/C=C\CCCCCCCC(=O)NC(COP(=O)(O)OCC[N+](C)(C)C)C(O)/C=C/CCCCCCCCCCCCC. The van der Waals surface area contributed by atoms with E-state index < -0.39 is 20.0 Å². The lowest BCUT2D eigenvalue weighted by Crippen LogP contribution is -2.45. The minimum Gasteiger partial charge on any atom is -0.387 e. The lowest BCUT2D eigenvalue weighted by atomic mass is 10.0. The quantitative estimate of drug-likeness (QED) is 0.0244. The highest BCUT2D eigenvalue weighted by Crippen LogP contribution is 2.43. The fourth-order valence-corrected chi connectivity index (χ4v) is 7.17. The van der Waals surface area contributed by atoms with Gasteiger partial charge in [0, 0.05) is 6.42 Å². The number of hydrogen-bond donors (Lipinski definition) is 3. The van der Waals surface area contributed by atoms with E-state index in [9.17, 15) is 19.4 Å². The minimum atomic E-state index is -4.35. The monoisotopic (exact) mass is 886 g/mol. The molecular weight excluding hydrogens is 792 g/mol. The summed E-state index contributed by atoms with van der Waals surface area (Å²) < 4.78 is 23.6. The van der Waals surface area contributed by atoms with E-state index in [2.05, 4.69) is 104 Å². The molecule has 0 heterocycles. The third kappa shape index (κ3) is 45.4. The lowest BCUT2D eigenvalue weighted by molar-refractivity contribution is -0.870. The summed E-state index contributed by atoms with van der Waals surface area (Å²) >= 11 is 0. The van der Waals surface area contributed by atoms with Gasteiger partial charge in [-0.2, -0.15) is 0 Å². The van der Waals surface area contributed by atoms with Gasteiger partial charge in [-0.3, -0.25) is 13.8 Å². The number of rotatable bonds is 43. The highest BCUT2D eigenvalue weighted by Gasteiger charge is 2.27. The summed E-state index contributed by atoms with van der Waals surface area (Å²) in [5.41, 5.74) is 0. The van der Waals surface area contributed by atoms with Crippen LogP contribution in [0.4, 0.5) is 0 Å². The number of nitrogens with zero attached hydrogens (tertiary/aromatic N) is 1. The molecule has 3 atom stereocenters. The standard InChI is InChI=1S/C53H93N2O6P/c1-6-8-10-12-14-16-18-20-21-22-23-24-25-26-27-28-29-30-31-32-33-35-37-39-41-43-45-47-53(57)54-51(50-61-62(58,59)60-49-48-55(3,4)5)52(56)46-44-42-40-38-36-34-19-17-15-13-11-9-7-2/h8,10,14,16,20-21,23-24,26-27,29-30,32-33,44,46,51-52,56H,6-7,9,11-13,15,17-19,22,25,28,31,34-43,45,47-50H2,1-5H3,(H-,54,57,58,59)/p+1/b10-8-,16-14-,21-20-,24-23-,27-26-,30-29-,33-32-,46-44+. The van der Waals surface area contributed by atoms with Gasteiger partial charge in [0.25, 0.3) is 0 Å². The number of carbonyl (C=O) groups is 1. The van der Waals surface area contributed by atoms with Crippen LogP contribution in [0.2, 0.25) is 0 Å². The van der Waals surface area contributed by atoms with Crippen LogP contribution in [0, 0.1) is 0 Å². The van der Waals surface area contributed by atoms with Crippen molar-refractivity contribution in [1.29, 1.82) is 0 Å². The van der Waals surface area contributed by atoms with Crippen molar-refractivity contribution in [2.75, 3.05) is 40.9 Å². The molecule has 0 saturated heterocycles. The van der Waals surface area contributed by atoms with Gasteiger partial charge in [-0.15, -0.1) is 0 Å². The molecule has 0 aliphatic heterocycles. The fraction of sp³-hybridized carbons (Fsp3) is 0.679. The van der Waals surface area contributed by atoms with Gasteiger partial charge < -0.3 is 19.8 Å². The molecule has 0 spiro atoms. The van der Waals surface area contributed by atoms with Crippen LogP contribution in [-0.4, -0.2) is 73.4 Å². The van der Waals surface area contributed by atoms with Crippen LogP contribution in [0.1, 0.15) is 181 Å². The van der Waals surface area contributed by atoms with Gasteiger partial charge in [0.05, 0.1) is 39.9 Å². The van der Waals surface area contributed by atoms with E-state index in [0.717, 1.165) is 103 Å². The summed E-state index contributed by atoms with van der Waals surface area (Å²) in [5, 5.41) is 13.8. The van der Waals surface area contributed by atoms with Gasteiger partial charge in [0.2, 0.25) is 5.91 Å². The topological polar surface area (TPSA) is 105 Å². The van der Waals surface area contributed by atoms with Crippen molar-refractivity contribution < 1.29 is 32.9 Å². The van der Waals surface area contributed by atoms with E-state index >= 15 is 0 Å². The summed E-state index contributed by atoms with van der Waals surface area (Å²) in [4.78, 5) is 23.2. The maximum Gasteiger partial charge on any atom is 0.472 e. The predicted molar refractivity (Wildman–Crippen MR) is 267 cm³/mol. The molecule has 0 rings (SSSR count). The molecule has 0 radical (unpaired) electrons. The Balaban J connectivity index is 4.36. The second kappa shape index (κ2) is 43.7. The molecule has 8 nitrogen and oxygen atoms in total. The van der Waals surface area contributed by atoms with Crippen LogP contribution in [0.25, 0.3) is 0 Å². The van der Waals surface area contributed by atoms with Crippen LogP contribution in [0.3, 0.4) is 0 Å². The number of nitrogens with one attached hydrogen (secondary N) is 1. The van der Waals surface area contributed by atoms with Crippen LogP contribution < -0.4 is 5.32 Å². The van der Waals surface area contributed by atoms with Crippen LogP contribution in [-0.2, 0) is 18.4 Å². The molecule has 0 fully saturated rings. The normalized spacial score (nSPS) is 15.0. The molecule has 0 aromatic carbocycles. The minimum absolute atomic E-state index is 0.0519. The maximum absolute atomic E-state index is 12.9. The van der Waals surface area contributed by atoms with E-state index in [1.165, 1.54) is 57.8 Å². The molecule has 356 valence electrons. The van der Waals surface area contributed by atoms with E-state index in [-0.39, 0.29) is 19.1 Å². The lowest BCUT2D eigenvalue weighted by Gasteiger charge is -2.25. The number of unbranched alkanes of at least 4 members (excludes halogenated alkanes) is 16. The van der Waals surface area contributed by atoms with Crippen molar-refractivity contribution in [3.05, 3.63) is 97.2 Å². The van der Waals surface area contributed by atoms with Gasteiger partial charge in [-0.1, -0.05) is 195 Å². The van der Waals surface area contributed by atoms with Gasteiger partial charge in [0.15, 0.2) is 0 Å². The number of aliphatic hydroxyl groups is 1. The fourth-order valence-electron chi connectivity index (χ4n) is 6.43. The number of quaternary nitrogens is 1. The van der Waals surface area contributed by atoms with Crippen molar-refractivity contribution >= 4 is 13.7 Å².